The third-order valence-corrected chi connectivity index (χ3v) is 4.02. The number of anilines is 1. The van der Waals surface area contributed by atoms with E-state index in [0.717, 1.165) is 37.6 Å². The first-order valence-electron chi connectivity index (χ1n) is 7.03. The van der Waals surface area contributed by atoms with E-state index in [1.165, 1.54) is 24.2 Å². The van der Waals surface area contributed by atoms with Gasteiger partial charge in [0, 0.05) is 13.1 Å². The number of aromatic nitrogens is 3. The Bertz CT molecular complexity index is 554. The number of piperidine rings is 1. The van der Waals surface area contributed by atoms with Gasteiger partial charge >= 0.3 is 0 Å². The van der Waals surface area contributed by atoms with Gasteiger partial charge in [-0.2, -0.15) is 9.61 Å². The summed E-state index contributed by atoms with van der Waals surface area (Å²) in [6, 6.07) is 4.27. The van der Waals surface area contributed by atoms with E-state index in [2.05, 4.69) is 34.0 Å². The van der Waals surface area contributed by atoms with E-state index < -0.39 is 0 Å². The summed E-state index contributed by atoms with van der Waals surface area (Å²) in [6.07, 6.45) is 5.22. The minimum Gasteiger partial charge on any atom is -0.356 e. The van der Waals surface area contributed by atoms with E-state index in [1.807, 2.05) is 4.52 Å². The van der Waals surface area contributed by atoms with Crippen LogP contribution in [0.5, 0.6) is 0 Å². The lowest BCUT2D eigenvalue weighted by Crippen LogP contribution is -2.35. The largest absolute Gasteiger partial charge is 0.356 e. The van der Waals surface area contributed by atoms with E-state index in [-0.39, 0.29) is 0 Å². The van der Waals surface area contributed by atoms with Crippen molar-refractivity contribution in [2.45, 2.75) is 26.2 Å². The fourth-order valence-electron chi connectivity index (χ4n) is 2.95. The number of hydrogen-bond donors (Lipinski definition) is 1. The zero-order valence-electron chi connectivity index (χ0n) is 11.4. The average molecular weight is 259 g/mol. The van der Waals surface area contributed by atoms with E-state index in [1.54, 1.807) is 6.33 Å². The van der Waals surface area contributed by atoms with Gasteiger partial charge in [-0.25, -0.2) is 4.98 Å². The predicted molar refractivity (Wildman–Crippen MR) is 76.3 cm³/mol. The maximum absolute atomic E-state index is 5.65. The number of fused-ring (bicyclic) bond motifs is 1. The van der Waals surface area contributed by atoms with Crippen LogP contribution in [0.3, 0.4) is 0 Å². The number of aryl methyl sites for hydroxylation is 1. The highest BCUT2D eigenvalue weighted by atomic mass is 15.4. The number of pyridine rings is 1. The van der Waals surface area contributed by atoms with Crippen LogP contribution in [0, 0.1) is 12.8 Å². The van der Waals surface area contributed by atoms with Crippen LogP contribution in [-0.2, 0) is 0 Å². The summed E-state index contributed by atoms with van der Waals surface area (Å²) in [5.41, 5.74) is 7.81. The highest BCUT2D eigenvalue weighted by Gasteiger charge is 2.20. The van der Waals surface area contributed by atoms with Gasteiger partial charge in [0.25, 0.3) is 0 Å². The Morgan fingerprint density at radius 1 is 1.32 bits per heavy atom. The molecule has 0 saturated carbocycles. The van der Waals surface area contributed by atoms with Crippen LogP contribution in [0.4, 0.5) is 5.82 Å². The molecule has 0 unspecified atom stereocenters. The fourth-order valence-corrected chi connectivity index (χ4v) is 2.95. The van der Waals surface area contributed by atoms with Gasteiger partial charge in [-0.05, 0) is 56.3 Å². The third kappa shape index (κ3) is 2.42. The molecular weight excluding hydrogens is 238 g/mol. The monoisotopic (exact) mass is 259 g/mol. The molecule has 2 aromatic heterocycles. The topological polar surface area (TPSA) is 59.5 Å². The Hall–Kier alpha value is -1.62. The molecule has 2 aromatic rings. The lowest BCUT2D eigenvalue weighted by molar-refractivity contribution is 0.384. The molecule has 1 fully saturated rings. The maximum Gasteiger partial charge on any atom is 0.157 e. The first-order valence-corrected chi connectivity index (χ1v) is 7.03. The molecule has 0 atom stereocenters. The molecule has 0 radical (unpaired) electrons. The van der Waals surface area contributed by atoms with Crippen LogP contribution in [0.1, 0.15) is 24.8 Å². The lowest BCUT2D eigenvalue weighted by Gasteiger charge is -2.33. The smallest absolute Gasteiger partial charge is 0.157 e. The molecule has 2 N–H and O–H groups in total. The highest BCUT2D eigenvalue weighted by Crippen LogP contribution is 2.25. The minimum atomic E-state index is 0.789. The van der Waals surface area contributed by atoms with Crippen molar-refractivity contribution >= 4 is 11.5 Å². The van der Waals surface area contributed by atoms with Crippen molar-refractivity contribution in [3.05, 3.63) is 24.0 Å². The SMILES string of the molecule is Cc1cc(N2CCC(CCN)CC2)n2ncnc2c1. The van der Waals surface area contributed by atoms with Crippen molar-refractivity contribution in [3.8, 4) is 0 Å². The second-order valence-electron chi connectivity index (χ2n) is 5.43. The van der Waals surface area contributed by atoms with Gasteiger partial charge in [0.2, 0.25) is 0 Å². The zero-order chi connectivity index (χ0) is 13.2. The van der Waals surface area contributed by atoms with Crippen molar-refractivity contribution in [1.29, 1.82) is 0 Å². The molecule has 0 aromatic carbocycles. The molecule has 5 nitrogen and oxygen atoms in total. The van der Waals surface area contributed by atoms with Crippen LogP contribution < -0.4 is 10.6 Å². The van der Waals surface area contributed by atoms with Crippen LogP contribution in [0.25, 0.3) is 5.65 Å². The van der Waals surface area contributed by atoms with Crippen molar-refractivity contribution in [1.82, 2.24) is 14.6 Å². The molecule has 19 heavy (non-hydrogen) atoms. The van der Waals surface area contributed by atoms with Gasteiger partial charge in [-0.3, -0.25) is 0 Å². The van der Waals surface area contributed by atoms with Crippen molar-refractivity contribution in [2.75, 3.05) is 24.5 Å². The molecule has 5 heteroatoms. The van der Waals surface area contributed by atoms with E-state index in [9.17, 15) is 0 Å². The van der Waals surface area contributed by atoms with E-state index >= 15 is 0 Å². The molecule has 0 bridgehead atoms. The molecule has 1 aliphatic heterocycles. The highest BCUT2D eigenvalue weighted by molar-refractivity contribution is 5.53. The fraction of sp³-hybridized carbons (Fsp3) is 0.571. The average Bonchev–Trinajstić information content (AvgIpc) is 2.87. The van der Waals surface area contributed by atoms with Gasteiger partial charge in [0.1, 0.15) is 12.1 Å². The molecular formula is C14H21N5. The number of nitrogens with two attached hydrogens (primary N) is 1. The lowest BCUT2D eigenvalue weighted by atomic mass is 9.93. The Morgan fingerprint density at radius 3 is 2.84 bits per heavy atom. The maximum atomic E-state index is 5.65. The van der Waals surface area contributed by atoms with Gasteiger partial charge in [-0.1, -0.05) is 0 Å². The Labute approximate surface area is 113 Å². The predicted octanol–water partition coefficient (Wildman–Crippen LogP) is 1.60. The van der Waals surface area contributed by atoms with Gasteiger partial charge in [0.15, 0.2) is 5.65 Å². The molecule has 102 valence electrons. The summed E-state index contributed by atoms with van der Waals surface area (Å²) in [4.78, 5) is 6.71. The minimum absolute atomic E-state index is 0.789. The Balaban J connectivity index is 1.83. The van der Waals surface area contributed by atoms with Crippen LogP contribution in [0.15, 0.2) is 18.5 Å². The van der Waals surface area contributed by atoms with Crippen LogP contribution in [-0.4, -0.2) is 34.2 Å². The molecule has 1 aliphatic rings. The summed E-state index contributed by atoms with van der Waals surface area (Å²) in [5.74, 6) is 1.95. The molecule has 0 spiro atoms. The first-order chi connectivity index (χ1) is 9.28. The third-order valence-electron chi connectivity index (χ3n) is 4.02. The Morgan fingerprint density at radius 2 is 2.11 bits per heavy atom. The quantitative estimate of drug-likeness (QED) is 0.909. The summed E-state index contributed by atoms with van der Waals surface area (Å²) in [6.45, 7) is 5.09. The first kappa shape index (κ1) is 12.4. The number of rotatable bonds is 3. The van der Waals surface area contributed by atoms with Gasteiger partial charge in [0.05, 0.1) is 0 Å². The van der Waals surface area contributed by atoms with Crippen molar-refractivity contribution in [3.63, 3.8) is 0 Å². The molecule has 1 saturated heterocycles. The standard InChI is InChI=1S/C14H21N5/c1-11-8-13-16-10-17-19(13)14(9-11)18-6-3-12(2-5-15)4-7-18/h8-10,12H,2-7,15H2,1H3. The van der Waals surface area contributed by atoms with Crippen LogP contribution in [0.2, 0.25) is 0 Å². The second-order valence-corrected chi connectivity index (χ2v) is 5.43. The summed E-state index contributed by atoms with van der Waals surface area (Å²) in [5, 5.41) is 4.33. The Kier molecular flexibility index (Phi) is 3.38. The van der Waals surface area contributed by atoms with Crippen molar-refractivity contribution in [2.24, 2.45) is 11.7 Å². The number of nitrogens with zero attached hydrogens (tertiary/aromatic N) is 4. The number of hydrogen-bond acceptors (Lipinski definition) is 4. The summed E-state index contributed by atoms with van der Waals surface area (Å²) < 4.78 is 1.94. The molecule has 3 heterocycles. The molecule has 3 rings (SSSR count). The van der Waals surface area contributed by atoms with E-state index in [4.69, 9.17) is 5.73 Å². The van der Waals surface area contributed by atoms with Gasteiger partial charge < -0.3 is 10.6 Å². The molecule has 0 amide bonds. The molecule has 0 aliphatic carbocycles. The van der Waals surface area contributed by atoms with Crippen LogP contribution >= 0.6 is 0 Å². The summed E-state index contributed by atoms with van der Waals surface area (Å²) in [7, 11) is 0. The van der Waals surface area contributed by atoms with Gasteiger partial charge in [-0.15, -0.1) is 0 Å². The van der Waals surface area contributed by atoms with Crippen molar-refractivity contribution < 1.29 is 0 Å². The zero-order valence-corrected chi connectivity index (χ0v) is 11.4. The van der Waals surface area contributed by atoms with E-state index in [0.29, 0.717) is 0 Å². The second kappa shape index (κ2) is 5.17. The normalized spacial score (nSPS) is 17.3. The summed E-state index contributed by atoms with van der Waals surface area (Å²) >= 11 is 0.